The monoisotopic (exact) mass is 311 g/mol. The molecule has 0 bridgehead atoms. The molecule has 0 unspecified atom stereocenters. The zero-order chi connectivity index (χ0) is 9.84. The highest BCUT2D eigenvalue weighted by Crippen LogP contribution is 2.20. The summed E-state index contributed by atoms with van der Waals surface area (Å²) in [4.78, 5) is 10.9. The highest BCUT2D eigenvalue weighted by atomic mass is 127. The first-order chi connectivity index (χ1) is 6.15. The number of rotatable bonds is 2. The van der Waals surface area contributed by atoms with Gasteiger partial charge in [-0.25, -0.2) is 4.39 Å². The molecule has 1 aromatic carbocycles. The van der Waals surface area contributed by atoms with Crippen molar-refractivity contribution in [3.05, 3.63) is 27.6 Å². The molecule has 0 heterocycles. The average molecular weight is 311 g/mol. The second kappa shape index (κ2) is 4.80. The number of halogens is 2. The van der Waals surface area contributed by atoms with Crippen LogP contribution in [-0.4, -0.2) is 11.7 Å². The van der Waals surface area contributed by atoms with Crippen molar-refractivity contribution in [2.75, 3.05) is 11.1 Å². The van der Waals surface area contributed by atoms with Gasteiger partial charge in [-0.2, -0.15) is 12.6 Å². The zero-order valence-electron chi connectivity index (χ0n) is 6.55. The number of carbonyl (C=O) groups is 1. The molecule has 1 N–H and O–H groups in total. The molecule has 13 heavy (non-hydrogen) atoms. The molecule has 1 aromatic rings. The first-order valence-corrected chi connectivity index (χ1v) is 5.21. The third-order valence-corrected chi connectivity index (χ3v) is 2.75. The minimum absolute atomic E-state index is 0.0899. The van der Waals surface area contributed by atoms with Crippen molar-refractivity contribution < 1.29 is 9.18 Å². The summed E-state index contributed by atoms with van der Waals surface area (Å²) >= 11 is 5.64. The topological polar surface area (TPSA) is 29.1 Å². The summed E-state index contributed by atoms with van der Waals surface area (Å²) in [6, 6.07) is 4.54. The van der Waals surface area contributed by atoms with E-state index < -0.39 is 0 Å². The van der Waals surface area contributed by atoms with Gasteiger partial charge in [0.15, 0.2) is 0 Å². The molecule has 0 saturated heterocycles. The molecule has 0 atom stereocenters. The predicted octanol–water partition coefficient (Wildman–Crippen LogP) is 2.30. The molecular weight excluding hydrogens is 304 g/mol. The zero-order valence-corrected chi connectivity index (χ0v) is 9.60. The number of carbonyl (C=O) groups excluding carboxylic acids is 1. The van der Waals surface area contributed by atoms with E-state index in [1.807, 2.05) is 22.6 Å². The van der Waals surface area contributed by atoms with E-state index in [0.29, 0.717) is 9.26 Å². The molecule has 70 valence electrons. The van der Waals surface area contributed by atoms with E-state index in [1.165, 1.54) is 6.07 Å². The number of nitrogens with one attached hydrogen (secondary N) is 1. The fourth-order valence-corrected chi connectivity index (χ4v) is 1.36. The van der Waals surface area contributed by atoms with E-state index in [4.69, 9.17) is 0 Å². The fraction of sp³-hybridized carbons (Fsp3) is 0.125. The Morgan fingerprint density at radius 1 is 1.62 bits per heavy atom. The number of anilines is 1. The third-order valence-electron chi connectivity index (χ3n) is 1.37. The van der Waals surface area contributed by atoms with Crippen LogP contribution in [0.25, 0.3) is 0 Å². The molecule has 1 rings (SSSR count). The molecule has 0 saturated carbocycles. The summed E-state index contributed by atoms with van der Waals surface area (Å²) < 4.78 is 13.4. The minimum atomic E-state index is -0.336. The smallest absolute Gasteiger partial charge is 0.234 e. The lowest BCUT2D eigenvalue weighted by molar-refractivity contribution is -0.113. The van der Waals surface area contributed by atoms with Crippen LogP contribution < -0.4 is 5.32 Å². The highest BCUT2D eigenvalue weighted by molar-refractivity contribution is 14.1. The summed E-state index contributed by atoms with van der Waals surface area (Å²) in [6.07, 6.45) is 0. The molecule has 0 radical (unpaired) electrons. The van der Waals surface area contributed by atoms with Gasteiger partial charge in [0.1, 0.15) is 5.82 Å². The molecule has 0 aliphatic heterocycles. The van der Waals surface area contributed by atoms with Crippen molar-refractivity contribution in [3.8, 4) is 0 Å². The van der Waals surface area contributed by atoms with Gasteiger partial charge in [0.25, 0.3) is 0 Å². The van der Waals surface area contributed by atoms with Crippen LogP contribution in [0.15, 0.2) is 18.2 Å². The molecule has 0 aliphatic rings. The van der Waals surface area contributed by atoms with Gasteiger partial charge in [-0.1, -0.05) is 6.07 Å². The molecule has 5 heteroatoms. The van der Waals surface area contributed by atoms with Gasteiger partial charge in [-0.3, -0.25) is 4.79 Å². The number of benzene rings is 1. The average Bonchev–Trinajstić information content (AvgIpc) is 2.13. The Morgan fingerprint density at radius 2 is 2.31 bits per heavy atom. The van der Waals surface area contributed by atoms with Gasteiger partial charge < -0.3 is 5.32 Å². The van der Waals surface area contributed by atoms with Gasteiger partial charge >= 0.3 is 0 Å². The maximum atomic E-state index is 13.0. The lowest BCUT2D eigenvalue weighted by Gasteiger charge is -2.05. The SMILES string of the molecule is O=C(CS)Nc1cccc(F)c1I. The van der Waals surface area contributed by atoms with E-state index in [9.17, 15) is 9.18 Å². The van der Waals surface area contributed by atoms with Crippen LogP contribution in [-0.2, 0) is 4.79 Å². The van der Waals surface area contributed by atoms with Crippen molar-refractivity contribution in [2.24, 2.45) is 0 Å². The number of thiol groups is 1. The van der Waals surface area contributed by atoms with Crippen LogP contribution in [0.1, 0.15) is 0 Å². The first-order valence-electron chi connectivity index (χ1n) is 3.50. The standard InChI is InChI=1S/C8H7FINOS/c9-5-2-1-3-6(8(5)10)11-7(12)4-13/h1-3,13H,4H2,(H,11,12). The van der Waals surface area contributed by atoms with Crippen molar-refractivity contribution in [2.45, 2.75) is 0 Å². The fourth-order valence-electron chi connectivity index (χ4n) is 0.790. The Morgan fingerprint density at radius 3 is 2.92 bits per heavy atom. The molecule has 0 spiro atoms. The Kier molecular flexibility index (Phi) is 3.98. The van der Waals surface area contributed by atoms with Crippen LogP contribution in [0.2, 0.25) is 0 Å². The first kappa shape index (κ1) is 10.8. The molecular formula is C8H7FINOS. The maximum absolute atomic E-state index is 13.0. The van der Waals surface area contributed by atoms with E-state index in [1.54, 1.807) is 12.1 Å². The summed E-state index contributed by atoms with van der Waals surface area (Å²) in [6.45, 7) is 0. The lowest BCUT2D eigenvalue weighted by atomic mass is 10.3. The van der Waals surface area contributed by atoms with Crippen LogP contribution >= 0.6 is 35.2 Å². The van der Waals surface area contributed by atoms with E-state index in [-0.39, 0.29) is 17.5 Å². The van der Waals surface area contributed by atoms with E-state index >= 15 is 0 Å². The predicted molar refractivity (Wildman–Crippen MR) is 61.6 cm³/mol. The second-order valence-corrected chi connectivity index (χ2v) is 3.70. The molecule has 0 aromatic heterocycles. The number of hydrogen-bond acceptors (Lipinski definition) is 2. The number of hydrogen-bond donors (Lipinski definition) is 2. The second-order valence-electron chi connectivity index (χ2n) is 2.31. The summed E-state index contributed by atoms with van der Waals surface area (Å²) in [5.74, 6) is -0.489. The lowest BCUT2D eigenvalue weighted by Crippen LogP contribution is -2.13. The largest absolute Gasteiger partial charge is 0.324 e. The van der Waals surface area contributed by atoms with Crippen LogP contribution in [0.5, 0.6) is 0 Å². The Hall–Kier alpha value is -0.300. The Bertz CT molecular complexity index is 332. The summed E-state index contributed by atoms with van der Waals surface area (Å²) in [5.41, 5.74) is 0.486. The quantitative estimate of drug-likeness (QED) is 0.637. The van der Waals surface area contributed by atoms with Crippen LogP contribution in [0, 0.1) is 9.39 Å². The third kappa shape index (κ3) is 2.84. The van der Waals surface area contributed by atoms with Gasteiger partial charge in [0, 0.05) is 0 Å². The van der Waals surface area contributed by atoms with Crippen molar-refractivity contribution in [3.63, 3.8) is 0 Å². The normalized spacial score (nSPS) is 9.77. The summed E-state index contributed by atoms with van der Waals surface area (Å²) in [5, 5.41) is 2.54. The minimum Gasteiger partial charge on any atom is -0.324 e. The van der Waals surface area contributed by atoms with E-state index in [2.05, 4.69) is 17.9 Å². The molecule has 2 nitrogen and oxygen atoms in total. The summed E-state index contributed by atoms with van der Waals surface area (Å²) in [7, 11) is 0. The van der Waals surface area contributed by atoms with Crippen molar-refractivity contribution >= 4 is 46.8 Å². The van der Waals surface area contributed by atoms with Crippen LogP contribution in [0.4, 0.5) is 10.1 Å². The van der Waals surface area contributed by atoms with Gasteiger partial charge in [0.05, 0.1) is 15.0 Å². The highest BCUT2D eigenvalue weighted by Gasteiger charge is 2.06. The number of amides is 1. The van der Waals surface area contributed by atoms with Gasteiger partial charge in [-0.05, 0) is 34.7 Å². The van der Waals surface area contributed by atoms with Crippen molar-refractivity contribution in [1.29, 1.82) is 0 Å². The molecule has 0 aliphatic carbocycles. The van der Waals surface area contributed by atoms with Crippen LogP contribution in [0.3, 0.4) is 0 Å². The maximum Gasteiger partial charge on any atom is 0.234 e. The van der Waals surface area contributed by atoms with Gasteiger partial charge in [0.2, 0.25) is 5.91 Å². The van der Waals surface area contributed by atoms with Gasteiger partial charge in [-0.15, -0.1) is 0 Å². The van der Waals surface area contributed by atoms with E-state index in [0.717, 1.165) is 0 Å². The van der Waals surface area contributed by atoms with Crippen molar-refractivity contribution in [1.82, 2.24) is 0 Å². The Labute approximate surface area is 94.5 Å². The molecule has 0 fully saturated rings. The molecule has 1 amide bonds. The Balaban J connectivity index is 2.89.